The molecule has 0 aliphatic carbocycles. The summed E-state index contributed by atoms with van der Waals surface area (Å²) in [6, 6.07) is 7.55. The summed E-state index contributed by atoms with van der Waals surface area (Å²) in [4.78, 5) is 11.4. The number of carboxylic acids is 1. The molecule has 0 spiro atoms. The largest absolute Gasteiger partial charge is 0.476 e. The van der Waals surface area contributed by atoms with Crippen molar-refractivity contribution >= 4 is 17.6 Å². The second-order valence-corrected chi connectivity index (χ2v) is 5.28. The van der Waals surface area contributed by atoms with Crippen LogP contribution in [0.4, 0.5) is 0 Å². The van der Waals surface area contributed by atoms with Gasteiger partial charge in [-0.2, -0.15) is 0 Å². The van der Waals surface area contributed by atoms with Crippen LogP contribution < -0.4 is 0 Å². The molecule has 0 atom stereocenters. The Morgan fingerprint density at radius 2 is 2.00 bits per heavy atom. The van der Waals surface area contributed by atoms with E-state index in [4.69, 9.17) is 11.6 Å². The number of hydrogen-bond donors (Lipinski definition) is 1. The molecule has 1 aromatic carbocycles. The fourth-order valence-electron chi connectivity index (χ4n) is 2.39. The van der Waals surface area contributed by atoms with E-state index in [0.29, 0.717) is 17.1 Å². The Morgan fingerprint density at radius 3 is 2.57 bits per heavy atom. The highest BCUT2D eigenvalue weighted by molar-refractivity contribution is 6.31. The van der Waals surface area contributed by atoms with Crippen molar-refractivity contribution in [2.45, 2.75) is 39.2 Å². The van der Waals surface area contributed by atoms with Gasteiger partial charge in [-0.25, -0.2) is 9.48 Å². The van der Waals surface area contributed by atoms with Gasteiger partial charge >= 0.3 is 5.97 Å². The highest BCUT2D eigenvalue weighted by Gasteiger charge is 2.23. The van der Waals surface area contributed by atoms with Crippen molar-refractivity contribution in [2.75, 3.05) is 0 Å². The third kappa shape index (κ3) is 3.24. The Balaban J connectivity index is 2.47. The molecule has 1 heterocycles. The summed E-state index contributed by atoms with van der Waals surface area (Å²) in [5, 5.41) is 17.8. The molecule has 0 bridgehead atoms. The van der Waals surface area contributed by atoms with Crippen LogP contribution in [0.3, 0.4) is 0 Å². The zero-order chi connectivity index (χ0) is 15.4. The minimum absolute atomic E-state index is 0.00168. The Labute approximate surface area is 128 Å². The summed E-state index contributed by atoms with van der Waals surface area (Å²) in [5.74, 6) is -1.06. The van der Waals surface area contributed by atoms with Crippen molar-refractivity contribution in [1.82, 2.24) is 15.0 Å². The molecule has 0 saturated carbocycles. The smallest absolute Gasteiger partial charge is 0.358 e. The first kappa shape index (κ1) is 15.5. The van der Waals surface area contributed by atoms with Gasteiger partial charge in [0.05, 0.1) is 11.7 Å². The van der Waals surface area contributed by atoms with Crippen LogP contribution >= 0.6 is 11.6 Å². The maximum Gasteiger partial charge on any atom is 0.358 e. The van der Waals surface area contributed by atoms with Crippen molar-refractivity contribution < 1.29 is 9.90 Å². The van der Waals surface area contributed by atoms with Crippen LogP contribution in [0.15, 0.2) is 24.3 Å². The van der Waals surface area contributed by atoms with E-state index >= 15 is 0 Å². The Morgan fingerprint density at radius 1 is 1.33 bits per heavy atom. The van der Waals surface area contributed by atoms with Crippen LogP contribution in [0.2, 0.25) is 5.02 Å². The van der Waals surface area contributed by atoms with Crippen LogP contribution in [-0.4, -0.2) is 26.1 Å². The van der Waals surface area contributed by atoms with Crippen LogP contribution in [0.25, 0.3) is 0 Å². The number of carboxylic acid groups (broad SMARTS) is 1. The summed E-state index contributed by atoms with van der Waals surface area (Å²) >= 11 is 6.18. The third-order valence-corrected chi connectivity index (χ3v) is 3.97. The minimum Gasteiger partial charge on any atom is -0.476 e. The summed E-state index contributed by atoms with van der Waals surface area (Å²) in [6.07, 6.45) is 2.15. The molecule has 112 valence electrons. The topological polar surface area (TPSA) is 68.0 Å². The molecule has 0 radical (unpaired) electrons. The molecule has 2 aromatic rings. The van der Waals surface area contributed by atoms with E-state index in [2.05, 4.69) is 24.2 Å². The van der Waals surface area contributed by atoms with Crippen molar-refractivity contribution in [2.24, 2.45) is 0 Å². The number of carbonyl (C=O) groups is 1. The molecule has 0 fully saturated rings. The number of benzene rings is 1. The lowest BCUT2D eigenvalue weighted by Gasteiger charge is -2.16. The first-order valence-electron chi connectivity index (χ1n) is 6.99. The van der Waals surface area contributed by atoms with Gasteiger partial charge in [0.15, 0.2) is 5.69 Å². The Kier molecular flexibility index (Phi) is 4.96. The first-order valence-corrected chi connectivity index (χ1v) is 7.37. The van der Waals surface area contributed by atoms with Gasteiger partial charge in [0, 0.05) is 11.4 Å². The number of hydrogen-bond acceptors (Lipinski definition) is 3. The highest BCUT2D eigenvalue weighted by Crippen LogP contribution is 2.24. The zero-order valence-corrected chi connectivity index (χ0v) is 12.8. The molecule has 5 nitrogen and oxygen atoms in total. The van der Waals surface area contributed by atoms with E-state index in [1.165, 1.54) is 0 Å². The zero-order valence-electron chi connectivity index (χ0n) is 12.1. The second-order valence-electron chi connectivity index (χ2n) is 4.87. The standard InChI is InChI=1S/C15H18ClN3O2/c1-3-11(4-2)19-13(14(15(20)21)17-18-19)9-10-7-5-6-8-12(10)16/h5-8,11H,3-4,9H2,1-2H3,(H,20,21). The Bertz CT molecular complexity index is 636. The first-order chi connectivity index (χ1) is 10.1. The monoisotopic (exact) mass is 307 g/mol. The van der Waals surface area contributed by atoms with Gasteiger partial charge < -0.3 is 5.11 Å². The number of aromatic carboxylic acids is 1. The average Bonchev–Trinajstić information content (AvgIpc) is 2.87. The molecule has 0 amide bonds. The normalized spacial score (nSPS) is 11.0. The third-order valence-electron chi connectivity index (χ3n) is 3.60. The summed E-state index contributed by atoms with van der Waals surface area (Å²) in [6.45, 7) is 4.10. The molecule has 0 unspecified atom stereocenters. The Hall–Kier alpha value is -1.88. The summed E-state index contributed by atoms with van der Waals surface area (Å²) in [5.41, 5.74) is 1.47. The van der Waals surface area contributed by atoms with Gasteiger partial charge in [-0.15, -0.1) is 5.10 Å². The predicted octanol–water partition coefficient (Wildman–Crippen LogP) is 3.58. The minimum atomic E-state index is -1.06. The van der Waals surface area contributed by atoms with E-state index < -0.39 is 5.97 Å². The molecule has 6 heteroatoms. The van der Waals surface area contributed by atoms with Crippen molar-refractivity contribution in [3.8, 4) is 0 Å². The van der Waals surface area contributed by atoms with Crippen LogP contribution in [0, 0.1) is 0 Å². The maximum absolute atomic E-state index is 11.4. The number of halogens is 1. The van der Waals surface area contributed by atoms with Crippen molar-refractivity contribution in [3.05, 3.63) is 46.2 Å². The second kappa shape index (κ2) is 6.72. The van der Waals surface area contributed by atoms with Gasteiger partial charge in [0.25, 0.3) is 0 Å². The molecule has 1 aromatic heterocycles. The van der Waals surface area contributed by atoms with Gasteiger partial charge in [-0.05, 0) is 24.5 Å². The lowest BCUT2D eigenvalue weighted by molar-refractivity contribution is 0.0689. The van der Waals surface area contributed by atoms with Crippen molar-refractivity contribution in [1.29, 1.82) is 0 Å². The molecular formula is C15H18ClN3O2. The van der Waals surface area contributed by atoms with Gasteiger partial charge in [0.2, 0.25) is 0 Å². The van der Waals surface area contributed by atoms with E-state index in [1.807, 2.05) is 18.2 Å². The van der Waals surface area contributed by atoms with Crippen LogP contribution in [-0.2, 0) is 6.42 Å². The molecular weight excluding hydrogens is 290 g/mol. The summed E-state index contributed by atoms with van der Waals surface area (Å²) in [7, 11) is 0. The van der Waals surface area contributed by atoms with Gasteiger partial charge in [-0.3, -0.25) is 0 Å². The van der Waals surface area contributed by atoms with E-state index in [9.17, 15) is 9.90 Å². The average molecular weight is 308 g/mol. The quantitative estimate of drug-likeness (QED) is 0.885. The lowest BCUT2D eigenvalue weighted by Crippen LogP contribution is -2.14. The van der Waals surface area contributed by atoms with E-state index in [-0.39, 0.29) is 11.7 Å². The predicted molar refractivity (Wildman–Crippen MR) is 80.9 cm³/mol. The maximum atomic E-state index is 11.4. The molecule has 1 N–H and O–H groups in total. The molecule has 2 rings (SSSR count). The number of aromatic nitrogens is 3. The molecule has 21 heavy (non-hydrogen) atoms. The van der Waals surface area contributed by atoms with Gasteiger partial charge in [-0.1, -0.05) is 48.9 Å². The number of nitrogens with zero attached hydrogens (tertiary/aromatic N) is 3. The SMILES string of the molecule is CCC(CC)n1nnc(C(=O)O)c1Cc1ccccc1Cl. The van der Waals surface area contributed by atoms with Crippen molar-refractivity contribution in [3.63, 3.8) is 0 Å². The fraction of sp³-hybridized carbons (Fsp3) is 0.400. The lowest BCUT2D eigenvalue weighted by atomic mass is 10.1. The van der Waals surface area contributed by atoms with Crippen LogP contribution in [0.1, 0.15) is 54.5 Å². The molecule has 0 saturated heterocycles. The fourth-order valence-corrected chi connectivity index (χ4v) is 2.60. The van der Waals surface area contributed by atoms with Gasteiger partial charge in [0.1, 0.15) is 0 Å². The van der Waals surface area contributed by atoms with Crippen LogP contribution in [0.5, 0.6) is 0 Å². The van der Waals surface area contributed by atoms with E-state index in [1.54, 1.807) is 10.7 Å². The highest BCUT2D eigenvalue weighted by atomic mass is 35.5. The summed E-state index contributed by atoms with van der Waals surface area (Å²) < 4.78 is 1.73. The molecule has 0 aliphatic heterocycles. The van der Waals surface area contributed by atoms with E-state index in [0.717, 1.165) is 18.4 Å². The number of rotatable bonds is 6. The molecule has 0 aliphatic rings.